The van der Waals surface area contributed by atoms with E-state index in [4.69, 9.17) is 14.6 Å². The summed E-state index contributed by atoms with van der Waals surface area (Å²) in [5.41, 5.74) is 5.50. The molecule has 0 heterocycles. The van der Waals surface area contributed by atoms with Crippen LogP contribution < -0.4 is 5.73 Å². The summed E-state index contributed by atoms with van der Waals surface area (Å²) in [6.07, 6.45) is 4.52. The lowest BCUT2D eigenvalue weighted by atomic mass is 10.1. The van der Waals surface area contributed by atoms with E-state index in [0.717, 1.165) is 26.0 Å². The van der Waals surface area contributed by atoms with Crippen molar-refractivity contribution in [3.63, 3.8) is 0 Å². The molecule has 0 fully saturated rings. The summed E-state index contributed by atoms with van der Waals surface area (Å²) >= 11 is 1.54. The lowest BCUT2D eigenvalue weighted by Gasteiger charge is -2.12. The number of nitrogens with two attached hydrogens (primary N) is 1. The second-order valence-electron chi connectivity index (χ2n) is 2.95. The van der Waals surface area contributed by atoms with E-state index in [1.807, 2.05) is 0 Å². The second-order valence-corrected chi connectivity index (χ2v) is 4.14. The van der Waals surface area contributed by atoms with Gasteiger partial charge < -0.3 is 14.6 Å². The Morgan fingerprint density at radius 1 is 1.38 bits per heavy atom. The Kier molecular flexibility index (Phi) is 10.6. The van der Waals surface area contributed by atoms with Crippen LogP contribution >= 0.6 is 12.0 Å². The fraction of sp³-hybridized carbons (Fsp3) is 1.00. The highest BCUT2D eigenvalue weighted by Gasteiger charge is 2.07. The van der Waals surface area contributed by atoms with Crippen molar-refractivity contribution in [2.75, 3.05) is 20.3 Å². The van der Waals surface area contributed by atoms with Gasteiger partial charge in [-0.2, -0.15) is 0 Å². The first kappa shape index (κ1) is 13.3. The van der Waals surface area contributed by atoms with Gasteiger partial charge in [0.05, 0.1) is 7.11 Å². The molecule has 2 N–H and O–H groups in total. The molecule has 78 valence electrons. The number of hydrogen-bond donors (Lipinski definition) is 1. The van der Waals surface area contributed by atoms with Crippen LogP contribution in [0.2, 0.25) is 0 Å². The van der Waals surface area contributed by atoms with E-state index >= 15 is 0 Å². The Labute approximate surface area is 86.4 Å². The van der Waals surface area contributed by atoms with Crippen molar-refractivity contribution in [2.45, 2.75) is 30.9 Å². The Bertz CT molecular complexity index is 102. The summed E-state index contributed by atoms with van der Waals surface area (Å²) in [7, 11) is 3.45. The average molecular weight is 205 g/mol. The fourth-order valence-corrected chi connectivity index (χ4v) is 1.95. The molecule has 0 aliphatic rings. The van der Waals surface area contributed by atoms with E-state index in [0.29, 0.717) is 5.25 Å². The van der Waals surface area contributed by atoms with Gasteiger partial charge in [-0.25, -0.2) is 0 Å². The van der Waals surface area contributed by atoms with Crippen LogP contribution in [-0.2, 0) is 8.84 Å². The molecular weight excluding hydrogens is 185 g/mol. The molecule has 1 unspecified atom stereocenters. The van der Waals surface area contributed by atoms with Crippen LogP contribution in [0.3, 0.4) is 0 Å². The zero-order valence-electron chi connectivity index (χ0n) is 8.62. The van der Waals surface area contributed by atoms with E-state index in [1.54, 1.807) is 15.2 Å². The summed E-state index contributed by atoms with van der Waals surface area (Å²) in [4.78, 5) is 0. The van der Waals surface area contributed by atoms with Crippen molar-refractivity contribution in [3.05, 3.63) is 0 Å². The molecule has 0 spiro atoms. The first-order chi connectivity index (χ1) is 6.35. The molecule has 0 saturated carbocycles. The van der Waals surface area contributed by atoms with Crippen molar-refractivity contribution >= 4 is 20.1 Å². The van der Waals surface area contributed by atoms with E-state index in [2.05, 4.69) is 0 Å². The molecule has 0 aromatic rings. The van der Waals surface area contributed by atoms with E-state index < -0.39 is 0 Å². The molecule has 0 saturated heterocycles. The van der Waals surface area contributed by atoms with Crippen LogP contribution in [0.4, 0.5) is 0 Å². The standard InChI is InChI=1S/C8H20BNO2S/c1-11-13-8(5-6-10)4-2-3-7-12-9/h8H,2-7,9-10H2,1H3. The normalized spacial score (nSPS) is 13.1. The zero-order valence-corrected chi connectivity index (χ0v) is 9.44. The van der Waals surface area contributed by atoms with Gasteiger partial charge in [-0.1, -0.05) is 6.42 Å². The molecule has 1 atom stereocenters. The summed E-state index contributed by atoms with van der Waals surface area (Å²) in [5.74, 6) is 0. The molecule has 5 heteroatoms. The zero-order chi connectivity index (χ0) is 9.94. The first-order valence-electron chi connectivity index (χ1n) is 4.73. The SMILES string of the molecule is BOCCCCC(CCN)SOC. The van der Waals surface area contributed by atoms with Gasteiger partial charge in [-0.05, 0) is 37.8 Å². The van der Waals surface area contributed by atoms with Gasteiger partial charge in [0, 0.05) is 11.9 Å². The fourth-order valence-electron chi connectivity index (χ4n) is 1.18. The maximum absolute atomic E-state index is 5.50. The molecule has 13 heavy (non-hydrogen) atoms. The molecule has 0 bridgehead atoms. The Morgan fingerprint density at radius 3 is 2.69 bits per heavy atom. The number of hydrogen-bond acceptors (Lipinski definition) is 4. The Hall–Kier alpha value is 0.295. The molecule has 0 amide bonds. The molecule has 0 rings (SSSR count). The van der Waals surface area contributed by atoms with Crippen molar-refractivity contribution in [3.8, 4) is 0 Å². The Morgan fingerprint density at radius 2 is 2.15 bits per heavy atom. The van der Waals surface area contributed by atoms with Crippen LogP contribution in [0.1, 0.15) is 25.7 Å². The number of rotatable bonds is 9. The molecule has 0 aromatic heterocycles. The summed E-state index contributed by atoms with van der Waals surface area (Å²) in [5, 5.41) is 0.548. The van der Waals surface area contributed by atoms with E-state index in [1.165, 1.54) is 24.9 Å². The number of unbranched alkanes of at least 4 members (excludes halogenated alkanes) is 1. The molecule has 0 aliphatic heterocycles. The van der Waals surface area contributed by atoms with Crippen molar-refractivity contribution in [1.29, 1.82) is 0 Å². The molecule has 0 radical (unpaired) electrons. The highest BCUT2D eigenvalue weighted by molar-refractivity contribution is 7.95. The third kappa shape index (κ3) is 8.62. The van der Waals surface area contributed by atoms with Gasteiger partial charge in [0.2, 0.25) is 0 Å². The second kappa shape index (κ2) is 10.4. The van der Waals surface area contributed by atoms with Crippen molar-refractivity contribution in [2.24, 2.45) is 5.73 Å². The van der Waals surface area contributed by atoms with Gasteiger partial charge in [0.1, 0.15) is 0 Å². The topological polar surface area (TPSA) is 44.5 Å². The minimum Gasteiger partial charge on any atom is -0.444 e. The van der Waals surface area contributed by atoms with Gasteiger partial charge in [0.15, 0.2) is 0 Å². The highest BCUT2D eigenvalue weighted by atomic mass is 32.2. The highest BCUT2D eigenvalue weighted by Crippen LogP contribution is 2.20. The smallest absolute Gasteiger partial charge is 0.257 e. The monoisotopic (exact) mass is 205 g/mol. The van der Waals surface area contributed by atoms with Crippen LogP contribution in [0.5, 0.6) is 0 Å². The maximum atomic E-state index is 5.50. The van der Waals surface area contributed by atoms with Gasteiger partial charge in [0.25, 0.3) is 8.05 Å². The third-order valence-corrected chi connectivity index (χ3v) is 2.78. The van der Waals surface area contributed by atoms with E-state index in [9.17, 15) is 0 Å². The quantitative estimate of drug-likeness (QED) is 0.342. The van der Waals surface area contributed by atoms with Crippen LogP contribution in [-0.4, -0.2) is 33.6 Å². The first-order valence-corrected chi connectivity index (χ1v) is 5.54. The summed E-state index contributed by atoms with van der Waals surface area (Å²) in [6.45, 7) is 1.60. The van der Waals surface area contributed by atoms with Gasteiger partial charge in [-0.15, -0.1) is 0 Å². The van der Waals surface area contributed by atoms with E-state index in [-0.39, 0.29) is 0 Å². The van der Waals surface area contributed by atoms with Crippen molar-refractivity contribution in [1.82, 2.24) is 0 Å². The van der Waals surface area contributed by atoms with Crippen LogP contribution in [0.15, 0.2) is 0 Å². The molecule has 0 aliphatic carbocycles. The molecular formula is C8H20BNO2S. The minimum absolute atomic E-state index is 0.548. The summed E-state index contributed by atoms with van der Waals surface area (Å²) in [6, 6.07) is 0. The predicted octanol–water partition coefficient (Wildman–Crippen LogP) is 0.733. The van der Waals surface area contributed by atoms with Crippen LogP contribution in [0, 0.1) is 0 Å². The Balaban J connectivity index is 3.33. The predicted molar refractivity (Wildman–Crippen MR) is 60.4 cm³/mol. The minimum atomic E-state index is 0.548. The van der Waals surface area contributed by atoms with Crippen molar-refractivity contribution < 1.29 is 8.84 Å². The maximum Gasteiger partial charge on any atom is 0.257 e. The van der Waals surface area contributed by atoms with Crippen LogP contribution in [0.25, 0.3) is 0 Å². The summed E-state index contributed by atoms with van der Waals surface area (Å²) < 4.78 is 10.0. The lowest BCUT2D eigenvalue weighted by Crippen LogP contribution is -2.11. The van der Waals surface area contributed by atoms with Gasteiger partial charge in [-0.3, -0.25) is 0 Å². The molecule has 0 aromatic carbocycles. The lowest BCUT2D eigenvalue weighted by molar-refractivity contribution is 0.333. The molecule has 3 nitrogen and oxygen atoms in total. The largest absolute Gasteiger partial charge is 0.444 e. The average Bonchev–Trinajstić information content (AvgIpc) is 2.13. The van der Waals surface area contributed by atoms with Gasteiger partial charge >= 0.3 is 0 Å². The third-order valence-electron chi connectivity index (χ3n) is 1.85.